The van der Waals surface area contributed by atoms with Gasteiger partial charge in [0.05, 0.1) is 30.2 Å². The largest absolute Gasteiger partial charge is 0.476 e. The standard InChI is InChI=1S/C31H50N4O6/c1-8-34(25-11-12-27-26(17-25)35(13-10-14-39-7)30(38)31(5,6)41-27)29(37)23-16-22(18-32-19-23)28(36)33-24(15-21(3)4)20-40-9-2/h11-12,17,21-24,32H,8-10,13-16,18-20H2,1-7H3,(H,33,36)/t22-,23+,24+/m0/s1. The smallest absolute Gasteiger partial charge is 0.270 e. The number of amides is 3. The fourth-order valence-corrected chi connectivity index (χ4v) is 5.65. The van der Waals surface area contributed by atoms with E-state index in [1.807, 2.05) is 32.0 Å². The number of anilines is 2. The van der Waals surface area contributed by atoms with E-state index in [0.717, 1.165) is 6.42 Å². The maximum atomic E-state index is 13.8. The predicted octanol–water partition coefficient (Wildman–Crippen LogP) is 3.37. The molecule has 3 amide bonds. The SMILES string of the molecule is CCOC[C@@H](CC(C)C)NC(=O)[C@@H]1CNC[C@H](C(=O)N(CC)c2ccc3c(c2)N(CCCOC)C(=O)C(C)(C)O3)C1. The lowest BCUT2D eigenvalue weighted by Crippen LogP contribution is -2.53. The first kappa shape index (κ1) is 32.8. The maximum absolute atomic E-state index is 13.8. The first-order valence-electron chi connectivity index (χ1n) is 15.1. The Kier molecular flexibility index (Phi) is 12.0. The maximum Gasteiger partial charge on any atom is 0.270 e. The highest BCUT2D eigenvalue weighted by atomic mass is 16.5. The summed E-state index contributed by atoms with van der Waals surface area (Å²) in [6.45, 7) is 15.3. The number of methoxy groups -OCH3 is 1. The highest BCUT2D eigenvalue weighted by Gasteiger charge is 2.41. The van der Waals surface area contributed by atoms with Crippen LogP contribution in [0.3, 0.4) is 0 Å². The molecule has 1 fully saturated rings. The molecule has 2 heterocycles. The summed E-state index contributed by atoms with van der Waals surface area (Å²) in [5.74, 6) is 0.177. The van der Waals surface area contributed by atoms with Gasteiger partial charge in [0.2, 0.25) is 11.8 Å². The van der Waals surface area contributed by atoms with E-state index in [0.29, 0.717) is 81.9 Å². The molecule has 3 atom stereocenters. The Labute approximate surface area is 245 Å². The molecule has 10 heteroatoms. The molecule has 41 heavy (non-hydrogen) atoms. The highest BCUT2D eigenvalue weighted by molar-refractivity contribution is 6.04. The summed E-state index contributed by atoms with van der Waals surface area (Å²) in [6.07, 6.45) is 1.99. The van der Waals surface area contributed by atoms with Crippen LogP contribution in [0, 0.1) is 17.8 Å². The number of ether oxygens (including phenoxy) is 3. The van der Waals surface area contributed by atoms with Gasteiger partial charge in [0.25, 0.3) is 5.91 Å². The van der Waals surface area contributed by atoms with Gasteiger partial charge in [-0.25, -0.2) is 0 Å². The predicted molar refractivity (Wildman–Crippen MR) is 160 cm³/mol. The lowest BCUT2D eigenvalue weighted by Gasteiger charge is -2.39. The molecule has 10 nitrogen and oxygen atoms in total. The van der Waals surface area contributed by atoms with Crippen molar-refractivity contribution in [3.63, 3.8) is 0 Å². The number of fused-ring (bicyclic) bond motifs is 1. The zero-order chi connectivity index (χ0) is 30.2. The minimum absolute atomic E-state index is 0.0397. The summed E-state index contributed by atoms with van der Waals surface area (Å²) < 4.78 is 16.8. The van der Waals surface area contributed by atoms with E-state index in [1.165, 1.54) is 0 Å². The van der Waals surface area contributed by atoms with Crippen LogP contribution in [0.4, 0.5) is 11.4 Å². The Balaban J connectivity index is 1.76. The molecule has 0 aromatic heterocycles. The van der Waals surface area contributed by atoms with Crippen LogP contribution >= 0.6 is 0 Å². The second kappa shape index (κ2) is 15.0. The molecule has 0 aliphatic carbocycles. The van der Waals surface area contributed by atoms with Gasteiger partial charge >= 0.3 is 0 Å². The number of hydrogen-bond acceptors (Lipinski definition) is 7. The van der Waals surface area contributed by atoms with Gasteiger partial charge in [-0.15, -0.1) is 0 Å². The van der Waals surface area contributed by atoms with Crippen molar-refractivity contribution in [1.82, 2.24) is 10.6 Å². The number of nitrogens with zero attached hydrogens (tertiary/aromatic N) is 2. The number of nitrogens with one attached hydrogen (secondary N) is 2. The Bertz CT molecular complexity index is 1050. The molecular formula is C31H50N4O6. The van der Waals surface area contributed by atoms with Crippen LogP contribution in [-0.2, 0) is 23.9 Å². The normalized spacial score (nSPS) is 20.8. The van der Waals surface area contributed by atoms with Crippen LogP contribution in [0.25, 0.3) is 0 Å². The molecule has 3 rings (SSSR count). The molecule has 1 aromatic carbocycles. The van der Waals surface area contributed by atoms with Gasteiger partial charge in [-0.3, -0.25) is 14.4 Å². The second-order valence-corrected chi connectivity index (χ2v) is 11.9. The molecule has 0 saturated carbocycles. The fourth-order valence-electron chi connectivity index (χ4n) is 5.65. The van der Waals surface area contributed by atoms with Crippen molar-refractivity contribution < 1.29 is 28.6 Å². The van der Waals surface area contributed by atoms with Crippen LogP contribution in [-0.4, -0.2) is 82.5 Å². The van der Waals surface area contributed by atoms with E-state index >= 15 is 0 Å². The van der Waals surface area contributed by atoms with Gasteiger partial charge in [0, 0.05) is 52.2 Å². The zero-order valence-electron chi connectivity index (χ0n) is 26.0. The Morgan fingerprint density at radius 3 is 2.61 bits per heavy atom. The number of hydrogen-bond donors (Lipinski definition) is 2. The molecular weight excluding hydrogens is 524 g/mol. The quantitative estimate of drug-likeness (QED) is 0.328. The summed E-state index contributed by atoms with van der Waals surface area (Å²) in [5, 5.41) is 6.48. The lowest BCUT2D eigenvalue weighted by atomic mass is 9.88. The van der Waals surface area contributed by atoms with Gasteiger partial charge in [0.15, 0.2) is 5.60 Å². The molecule has 2 aliphatic rings. The molecule has 0 spiro atoms. The van der Waals surface area contributed by atoms with Crippen LogP contribution in [0.5, 0.6) is 5.75 Å². The van der Waals surface area contributed by atoms with E-state index in [4.69, 9.17) is 14.2 Å². The third kappa shape index (κ3) is 8.42. The summed E-state index contributed by atoms with van der Waals surface area (Å²) in [7, 11) is 1.64. The second-order valence-electron chi connectivity index (χ2n) is 11.9. The van der Waals surface area contributed by atoms with Gasteiger partial charge in [-0.05, 0) is 71.1 Å². The summed E-state index contributed by atoms with van der Waals surface area (Å²) in [6, 6.07) is 5.51. The number of carbonyl (C=O) groups is 3. The molecule has 2 aliphatic heterocycles. The number of piperidine rings is 1. The molecule has 0 bridgehead atoms. The minimum atomic E-state index is -0.984. The van der Waals surface area contributed by atoms with Crippen LogP contribution in [0.2, 0.25) is 0 Å². The van der Waals surface area contributed by atoms with Crippen LogP contribution in [0.15, 0.2) is 18.2 Å². The van der Waals surface area contributed by atoms with Gasteiger partial charge in [0.1, 0.15) is 5.75 Å². The fraction of sp³-hybridized carbons (Fsp3) is 0.710. The van der Waals surface area contributed by atoms with Crippen molar-refractivity contribution in [2.24, 2.45) is 17.8 Å². The van der Waals surface area contributed by atoms with Gasteiger partial charge < -0.3 is 34.6 Å². The molecule has 2 N–H and O–H groups in total. The molecule has 1 aromatic rings. The number of carbonyl (C=O) groups excluding carboxylic acids is 3. The third-order valence-electron chi connectivity index (χ3n) is 7.68. The molecule has 230 valence electrons. The summed E-state index contributed by atoms with van der Waals surface area (Å²) in [4.78, 5) is 43.8. The topological polar surface area (TPSA) is 109 Å². The minimum Gasteiger partial charge on any atom is -0.476 e. The van der Waals surface area contributed by atoms with E-state index in [-0.39, 0.29) is 35.6 Å². The van der Waals surface area contributed by atoms with Crippen molar-refractivity contribution >= 4 is 29.1 Å². The van der Waals surface area contributed by atoms with Crippen molar-refractivity contribution in [3.05, 3.63) is 18.2 Å². The van der Waals surface area contributed by atoms with E-state index in [9.17, 15) is 14.4 Å². The van der Waals surface area contributed by atoms with E-state index in [2.05, 4.69) is 24.5 Å². The average Bonchev–Trinajstić information content (AvgIpc) is 2.94. The Morgan fingerprint density at radius 1 is 1.22 bits per heavy atom. The molecule has 0 unspecified atom stereocenters. The number of benzene rings is 1. The van der Waals surface area contributed by atoms with E-state index in [1.54, 1.807) is 30.8 Å². The van der Waals surface area contributed by atoms with Gasteiger partial charge in [-0.1, -0.05) is 13.8 Å². The first-order chi connectivity index (χ1) is 19.5. The first-order valence-corrected chi connectivity index (χ1v) is 15.1. The summed E-state index contributed by atoms with van der Waals surface area (Å²) >= 11 is 0. The highest BCUT2D eigenvalue weighted by Crippen LogP contribution is 2.40. The van der Waals surface area contributed by atoms with E-state index < -0.39 is 5.60 Å². The molecule has 0 radical (unpaired) electrons. The monoisotopic (exact) mass is 574 g/mol. The van der Waals surface area contributed by atoms with Crippen LogP contribution in [0.1, 0.15) is 60.8 Å². The Hall–Kier alpha value is -2.69. The van der Waals surface area contributed by atoms with Crippen LogP contribution < -0.4 is 25.2 Å². The Morgan fingerprint density at radius 2 is 1.95 bits per heavy atom. The van der Waals surface area contributed by atoms with Gasteiger partial charge in [-0.2, -0.15) is 0 Å². The van der Waals surface area contributed by atoms with Crippen molar-refractivity contribution in [3.8, 4) is 5.75 Å². The average molecular weight is 575 g/mol. The van der Waals surface area contributed by atoms with Crippen molar-refractivity contribution in [2.75, 3.05) is 62.9 Å². The van der Waals surface area contributed by atoms with Crippen molar-refractivity contribution in [2.45, 2.75) is 72.4 Å². The van der Waals surface area contributed by atoms with Crippen molar-refractivity contribution in [1.29, 1.82) is 0 Å². The summed E-state index contributed by atoms with van der Waals surface area (Å²) in [5.41, 5.74) is 0.366. The molecule has 1 saturated heterocycles. The zero-order valence-corrected chi connectivity index (χ0v) is 26.0. The lowest BCUT2D eigenvalue weighted by molar-refractivity contribution is -0.132. The third-order valence-corrected chi connectivity index (χ3v) is 7.68. The number of rotatable bonds is 14.